The second-order valence-electron chi connectivity index (χ2n) is 19.7. The van der Waals surface area contributed by atoms with Gasteiger partial charge in [0.05, 0.1) is 16.7 Å². The van der Waals surface area contributed by atoms with Crippen LogP contribution in [-0.2, 0) is 5.41 Å². The summed E-state index contributed by atoms with van der Waals surface area (Å²) in [7, 11) is 0. The molecule has 1 aliphatic rings. The number of fused-ring (bicyclic) bond motifs is 7. The van der Waals surface area contributed by atoms with Crippen molar-refractivity contribution in [1.29, 1.82) is 0 Å². The number of nitrogens with zero attached hydrogens (tertiary/aromatic N) is 2. The lowest BCUT2D eigenvalue weighted by atomic mass is 9.74. The molecule has 1 atom stereocenters. The lowest BCUT2D eigenvalue weighted by molar-refractivity contribution is 0.714. The molecule has 14 rings (SSSR count). The van der Waals surface area contributed by atoms with Gasteiger partial charge < -0.3 is 9.47 Å². The van der Waals surface area contributed by atoms with Crippen molar-refractivity contribution in [1.82, 2.24) is 4.57 Å². The summed E-state index contributed by atoms with van der Waals surface area (Å²) >= 11 is 0. The molecule has 1 heterocycles. The first-order valence-corrected chi connectivity index (χ1v) is 25.7. The van der Waals surface area contributed by atoms with E-state index in [1.54, 1.807) is 0 Å². The molecule has 1 aromatic heterocycles. The topological polar surface area (TPSA) is 8.17 Å². The van der Waals surface area contributed by atoms with Crippen molar-refractivity contribution in [2.45, 2.75) is 12.3 Å². The Kier molecular flexibility index (Phi) is 10.3. The van der Waals surface area contributed by atoms with Crippen LogP contribution < -0.4 is 4.90 Å². The molecule has 0 saturated carbocycles. The molecule has 0 fully saturated rings. The number of hydrogen-bond acceptors (Lipinski definition) is 1. The van der Waals surface area contributed by atoms with E-state index in [2.05, 4.69) is 302 Å². The third-order valence-corrected chi connectivity index (χ3v) is 15.7. The van der Waals surface area contributed by atoms with E-state index in [1.165, 1.54) is 99.3 Å². The first kappa shape index (κ1) is 43.3. The fourth-order valence-electron chi connectivity index (χ4n) is 12.3. The van der Waals surface area contributed by atoms with Crippen LogP contribution in [0.4, 0.5) is 17.1 Å². The zero-order valence-corrected chi connectivity index (χ0v) is 41.0. The highest BCUT2D eigenvalue weighted by Gasteiger charge is 2.41. The fraction of sp³-hybridized carbons (Fsp3) is 0.0278. The van der Waals surface area contributed by atoms with Gasteiger partial charge in [0.25, 0.3) is 0 Å². The summed E-state index contributed by atoms with van der Waals surface area (Å²) in [6.07, 6.45) is 0. The summed E-state index contributed by atoms with van der Waals surface area (Å²) in [5.74, 6) is 0. The van der Waals surface area contributed by atoms with Crippen LogP contribution in [-0.4, -0.2) is 4.57 Å². The number of anilines is 3. The molecule has 348 valence electrons. The van der Waals surface area contributed by atoms with Crippen molar-refractivity contribution < 1.29 is 0 Å². The number of rotatable bonds is 9. The molecule has 0 N–H and O–H groups in total. The zero-order valence-electron chi connectivity index (χ0n) is 41.0. The Balaban J connectivity index is 0.937. The molecule has 2 nitrogen and oxygen atoms in total. The van der Waals surface area contributed by atoms with Crippen molar-refractivity contribution in [2.24, 2.45) is 0 Å². The Labute approximate surface area is 432 Å². The van der Waals surface area contributed by atoms with Gasteiger partial charge in [-0.15, -0.1) is 0 Å². The third-order valence-electron chi connectivity index (χ3n) is 15.7. The van der Waals surface area contributed by atoms with Crippen LogP contribution in [0.15, 0.2) is 285 Å². The quantitative estimate of drug-likeness (QED) is 0.140. The summed E-state index contributed by atoms with van der Waals surface area (Å²) in [5, 5.41) is 4.94. The summed E-state index contributed by atoms with van der Waals surface area (Å²) in [5.41, 5.74) is 22.7. The Morgan fingerprint density at radius 3 is 1.54 bits per heavy atom. The minimum absolute atomic E-state index is 0.276. The first-order valence-electron chi connectivity index (χ1n) is 25.7. The van der Waals surface area contributed by atoms with Gasteiger partial charge in [0.1, 0.15) is 0 Å². The van der Waals surface area contributed by atoms with Crippen LogP contribution in [0.1, 0.15) is 23.6 Å². The smallest absolute Gasteiger partial charge is 0.0547 e. The highest BCUT2D eigenvalue weighted by atomic mass is 15.1. The summed E-state index contributed by atoms with van der Waals surface area (Å²) < 4.78 is 2.39. The molecule has 12 aromatic carbocycles. The second kappa shape index (κ2) is 17.7. The van der Waals surface area contributed by atoms with E-state index in [0.717, 1.165) is 28.3 Å². The Bertz CT molecular complexity index is 4220. The van der Waals surface area contributed by atoms with Gasteiger partial charge in [-0.1, -0.05) is 231 Å². The van der Waals surface area contributed by atoms with Gasteiger partial charge in [0.2, 0.25) is 0 Å². The molecule has 0 spiro atoms. The molecule has 1 unspecified atom stereocenters. The number of benzene rings is 12. The van der Waals surface area contributed by atoms with Crippen LogP contribution in [0.5, 0.6) is 0 Å². The van der Waals surface area contributed by atoms with Crippen LogP contribution in [0.2, 0.25) is 0 Å². The molecular weight excluding hydrogens is 893 g/mol. The van der Waals surface area contributed by atoms with Crippen LogP contribution in [0.3, 0.4) is 0 Å². The fourth-order valence-corrected chi connectivity index (χ4v) is 12.3. The average molecular weight is 943 g/mol. The van der Waals surface area contributed by atoms with Gasteiger partial charge in [0.15, 0.2) is 0 Å². The van der Waals surface area contributed by atoms with Crippen LogP contribution in [0, 0.1) is 0 Å². The van der Waals surface area contributed by atoms with E-state index in [0.29, 0.717) is 0 Å². The number of hydrogen-bond donors (Lipinski definition) is 0. The molecule has 13 aromatic rings. The maximum atomic E-state index is 2.45. The second-order valence-corrected chi connectivity index (χ2v) is 19.7. The predicted octanol–water partition coefficient (Wildman–Crippen LogP) is 19.4. The van der Waals surface area contributed by atoms with E-state index in [9.17, 15) is 0 Å². The zero-order chi connectivity index (χ0) is 49.2. The minimum atomic E-state index is -0.276. The molecule has 1 aliphatic carbocycles. The summed E-state index contributed by atoms with van der Waals surface area (Å²) in [6.45, 7) is 2.39. The first-order chi connectivity index (χ1) is 36.6. The van der Waals surface area contributed by atoms with Crippen molar-refractivity contribution >= 4 is 49.6 Å². The largest absolute Gasteiger partial charge is 0.310 e. The Hall–Kier alpha value is -9.50. The summed E-state index contributed by atoms with van der Waals surface area (Å²) in [6, 6.07) is 105. The molecule has 0 aliphatic heterocycles. The van der Waals surface area contributed by atoms with E-state index in [1.807, 2.05) is 0 Å². The van der Waals surface area contributed by atoms with Gasteiger partial charge in [0, 0.05) is 38.8 Å². The standard InChI is InChI=1S/C72H50N2/c1-72(53-25-7-3-8-26-53)64-36-14-11-30-62(64)70-58(33-19-37-65(70)72)50-41-45-55(46-42-50)73(66-38-15-12-29-60(66)61-35-18-24-52-23-17-32-57(69(52)61)49-21-5-2-6-22-49)56-47-43-51(44-48-56)59-34-20-40-68-71(59)63-31-13-16-39-67(63)74(68)54-27-9-4-10-28-54/h2-48H,1H3. The highest BCUT2D eigenvalue weighted by Crippen LogP contribution is 2.55. The maximum absolute atomic E-state index is 2.45. The van der Waals surface area contributed by atoms with Gasteiger partial charge in [-0.3, -0.25) is 0 Å². The average Bonchev–Trinajstić information content (AvgIpc) is 3.98. The molecule has 0 saturated heterocycles. The molecule has 2 heteroatoms. The van der Waals surface area contributed by atoms with Crippen LogP contribution >= 0.6 is 0 Å². The van der Waals surface area contributed by atoms with Gasteiger partial charge in [-0.05, 0) is 139 Å². The van der Waals surface area contributed by atoms with Crippen molar-refractivity contribution in [3.63, 3.8) is 0 Å². The van der Waals surface area contributed by atoms with Gasteiger partial charge >= 0.3 is 0 Å². The molecule has 0 amide bonds. The lowest BCUT2D eigenvalue weighted by Gasteiger charge is -2.29. The molecule has 0 bridgehead atoms. The van der Waals surface area contributed by atoms with E-state index < -0.39 is 0 Å². The Morgan fingerprint density at radius 1 is 0.324 bits per heavy atom. The maximum Gasteiger partial charge on any atom is 0.0547 e. The van der Waals surface area contributed by atoms with Crippen molar-refractivity contribution in [2.75, 3.05) is 4.90 Å². The van der Waals surface area contributed by atoms with E-state index >= 15 is 0 Å². The molecule has 0 radical (unpaired) electrons. The van der Waals surface area contributed by atoms with Crippen LogP contribution in [0.25, 0.3) is 93.9 Å². The van der Waals surface area contributed by atoms with Gasteiger partial charge in [-0.2, -0.15) is 0 Å². The monoisotopic (exact) mass is 942 g/mol. The third kappa shape index (κ3) is 6.87. The highest BCUT2D eigenvalue weighted by molar-refractivity contribution is 6.16. The SMILES string of the molecule is CC1(c2ccccc2)c2ccccc2-c2c(-c3ccc(N(c4ccc(-c5cccc6c5c5ccccc5n6-c5ccccc5)cc4)c4ccccc4-c4cccc5cccc(-c6ccccc6)c45)cc3)cccc21. The normalized spacial score (nSPS) is 13.8. The summed E-state index contributed by atoms with van der Waals surface area (Å²) in [4.78, 5) is 2.45. The van der Waals surface area contributed by atoms with Crippen molar-refractivity contribution in [3.8, 4) is 61.3 Å². The molecular formula is C72H50N2. The van der Waals surface area contributed by atoms with Crippen molar-refractivity contribution in [3.05, 3.63) is 302 Å². The lowest BCUT2D eigenvalue weighted by Crippen LogP contribution is -2.22. The van der Waals surface area contributed by atoms with Gasteiger partial charge in [-0.25, -0.2) is 0 Å². The number of para-hydroxylation sites is 3. The Morgan fingerprint density at radius 2 is 0.811 bits per heavy atom. The number of aromatic nitrogens is 1. The predicted molar refractivity (Wildman–Crippen MR) is 312 cm³/mol. The van der Waals surface area contributed by atoms with E-state index in [4.69, 9.17) is 0 Å². The van der Waals surface area contributed by atoms with E-state index in [-0.39, 0.29) is 5.41 Å². The minimum Gasteiger partial charge on any atom is -0.310 e. The molecule has 74 heavy (non-hydrogen) atoms.